The van der Waals surface area contributed by atoms with Crippen LogP contribution in [-0.2, 0) is 4.79 Å². The molecule has 0 heterocycles. The quantitative estimate of drug-likeness (QED) is 0.441. The first kappa shape index (κ1) is 12.6. The Labute approximate surface area is 82.1 Å². The first-order valence-electron chi connectivity index (χ1n) is 5.51. The van der Waals surface area contributed by atoms with Crippen molar-refractivity contribution < 1.29 is 4.79 Å². The summed E-state index contributed by atoms with van der Waals surface area (Å²) in [5.41, 5.74) is 0. The van der Waals surface area contributed by atoms with E-state index in [4.69, 9.17) is 0 Å². The van der Waals surface area contributed by atoms with Crippen molar-refractivity contribution in [1.82, 2.24) is 5.32 Å². The fourth-order valence-electron chi connectivity index (χ4n) is 1.25. The standard InChI is InChI=1S/C11H23NO/c1-3-5-6-7-8-12-9-11(4-2)10-13/h10-12H,3-9H2,1-2H3. The Kier molecular flexibility index (Phi) is 9.44. The van der Waals surface area contributed by atoms with Crippen molar-refractivity contribution in [1.29, 1.82) is 0 Å². The summed E-state index contributed by atoms with van der Waals surface area (Å²) in [4.78, 5) is 10.5. The van der Waals surface area contributed by atoms with Crippen molar-refractivity contribution >= 4 is 6.29 Å². The average molecular weight is 185 g/mol. The normalized spacial score (nSPS) is 12.8. The molecule has 2 heteroatoms. The van der Waals surface area contributed by atoms with Gasteiger partial charge in [0.2, 0.25) is 0 Å². The van der Waals surface area contributed by atoms with E-state index in [0.717, 1.165) is 25.8 Å². The monoisotopic (exact) mass is 185 g/mol. The Morgan fingerprint density at radius 3 is 2.54 bits per heavy atom. The molecule has 0 aliphatic rings. The Balaban J connectivity index is 3.10. The lowest BCUT2D eigenvalue weighted by Crippen LogP contribution is -2.24. The first-order valence-corrected chi connectivity index (χ1v) is 5.51. The number of carbonyl (C=O) groups is 1. The third-order valence-corrected chi connectivity index (χ3v) is 2.33. The predicted octanol–water partition coefficient (Wildman–Crippen LogP) is 2.38. The molecule has 0 aliphatic heterocycles. The van der Waals surface area contributed by atoms with Gasteiger partial charge in [0.05, 0.1) is 0 Å². The second kappa shape index (κ2) is 9.72. The summed E-state index contributed by atoms with van der Waals surface area (Å²) in [5, 5.41) is 3.31. The van der Waals surface area contributed by atoms with E-state index in [1.165, 1.54) is 25.7 Å². The van der Waals surface area contributed by atoms with Gasteiger partial charge in [-0.1, -0.05) is 33.1 Å². The van der Waals surface area contributed by atoms with Crippen molar-refractivity contribution in [3.63, 3.8) is 0 Å². The van der Waals surface area contributed by atoms with Crippen LogP contribution in [-0.4, -0.2) is 19.4 Å². The molecule has 13 heavy (non-hydrogen) atoms. The lowest BCUT2D eigenvalue weighted by Gasteiger charge is -2.08. The second-order valence-electron chi connectivity index (χ2n) is 3.57. The van der Waals surface area contributed by atoms with Gasteiger partial charge in [0, 0.05) is 12.5 Å². The lowest BCUT2D eigenvalue weighted by atomic mass is 10.1. The number of hydrogen-bond donors (Lipinski definition) is 1. The van der Waals surface area contributed by atoms with Gasteiger partial charge in [-0.25, -0.2) is 0 Å². The minimum absolute atomic E-state index is 0.214. The van der Waals surface area contributed by atoms with Crippen LogP contribution >= 0.6 is 0 Å². The predicted molar refractivity (Wildman–Crippen MR) is 56.9 cm³/mol. The minimum Gasteiger partial charge on any atom is -0.316 e. The van der Waals surface area contributed by atoms with E-state index in [0.29, 0.717) is 0 Å². The fraction of sp³-hybridized carbons (Fsp3) is 0.909. The molecule has 1 unspecified atom stereocenters. The van der Waals surface area contributed by atoms with Crippen molar-refractivity contribution in [2.45, 2.75) is 46.0 Å². The molecule has 0 amide bonds. The van der Waals surface area contributed by atoms with Crippen molar-refractivity contribution in [3.8, 4) is 0 Å². The van der Waals surface area contributed by atoms with Crippen LogP contribution in [0, 0.1) is 5.92 Å². The van der Waals surface area contributed by atoms with Crippen LogP contribution in [0.4, 0.5) is 0 Å². The van der Waals surface area contributed by atoms with Crippen molar-refractivity contribution in [2.75, 3.05) is 13.1 Å². The maximum Gasteiger partial charge on any atom is 0.124 e. The molecule has 1 N–H and O–H groups in total. The SMILES string of the molecule is CCCCCCNCC(C=O)CC. The van der Waals surface area contributed by atoms with Gasteiger partial charge in [0.15, 0.2) is 0 Å². The molecule has 0 aromatic heterocycles. The highest BCUT2D eigenvalue weighted by atomic mass is 16.1. The van der Waals surface area contributed by atoms with Crippen LogP contribution in [0.2, 0.25) is 0 Å². The molecule has 0 radical (unpaired) electrons. The number of rotatable bonds is 9. The van der Waals surface area contributed by atoms with E-state index in [-0.39, 0.29) is 5.92 Å². The van der Waals surface area contributed by atoms with Crippen LogP contribution in [0.3, 0.4) is 0 Å². The van der Waals surface area contributed by atoms with Gasteiger partial charge in [0.25, 0.3) is 0 Å². The zero-order valence-corrected chi connectivity index (χ0v) is 9.01. The summed E-state index contributed by atoms with van der Waals surface area (Å²) in [7, 11) is 0. The van der Waals surface area contributed by atoms with Gasteiger partial charge in [-0.3, -0.25) is 0 Å². The summed E-state index contributed by atoms with van der Waals surface area (Å²) in [5.74, 6) is 0.214. The van der Waals surface area contributed by atoms with E-state index in [9.17, 15) is 4.79 Å². The third-order valence-electron chi connectivity index (χ3n) is 2.33. The summed E-state index contributed by atoms with van der Waals surface area (Å²) >= 11 is 0. The molecule has 0 aliphatic carbocycles. The van der Waals surface area contributed by atoms with Gasteiger partial charge >= 0.3 is 0 Å². The second-order valence-corrected chi connectivity index (χ2v) is 3.57. The Morgan fingerprint density at radius 1 is 1.23 bits per heavy atom. The van der Waals surface area contributed by atoms with Crippen LogP contribution in [0.15, 0.2) is 0 Å². The lowest BCUT2D eigenvalue weighted by molar-refractivity contribution is -0.111. The third kappa shape index (κ3) is 7.97. The van der Waals surface area contributed by atoms with Crippen LogP contribution in [0.25, 0.3) is 0 Å². The van der Waals surface area contributed by atoms with Crippen LogP contribution in [0.5, 0.6) is 0 Å². The smallest absolute Gasteiger partial charge is 0.124 e. The number of nitrogens with one attached hydrogen (secondary N) is 1. The number of carbonyl (C=O) groups excluding carboxylic acids is 1. The van der Waals surface area contributed by atoms with Gasteiger partial charge in [0.1, 0.15) is 6.29 Å². The zero-order valence-electron chi connectivity index (χ0n) is 9.01. The molecule has 0 rings (SSSR count). The van der Waals surface area contributed by atoms with E-state index >= 15 is 0 Å². The fourth-order valence-corrected chi connectivity index (χ4v) is 1.25. The van der Waals surface area contributed by atoms with Gasteiger partial charge in [-0.15, -0.1) is 0 Å². The molecule has 1 atom stereocenters. The number of unbranched alkanes of at least 4 members (excludes halogenated alkanes) is 3. The van der Waals surface area contributed by atoms with E-state index in [2.05, 4.69) is 19.2 Å². The summed E-state index contributed by atoms with van der Waals surface area (Å²) in [6.45, 7) is 6.18. The van der Waals surface area contributed by atoms with Gasteiger partial charge < -0.3 is 10.1 Å². The Bertz CT molecular complexity index is 115. The number of hydrogen-bond acceptors (Lipinski definition) is 2. The Morgan fingerprint density at radius 2 is 2.00 bits per heavy atom. The van der Waals surface area contributed by atoms with Gasteiger partial charge in [-0.05, 0) is 19.4 Å². The molecule has 0 fully saturated rings. The summed E-state index contributed by atoms with van der Waals surface area (Å²) in [6.07, 6.45) is 7.16. The summed E-state index contributed by atoms with van der Waals surface area (Å²) in [6, 6.07) is 0. The molecule has 0 aromatic carbocycles. The maximum atomic E-state index is 10.5. The highest BCUT2D eigenvalue weighted by Crippen LogP contribution is 1.98. The van der Waals surface area contributed by atoms with E-state index < -0.39 is 0 Å². The molecule has 0 saturated carbocycles. The molecule has 78 valence electrons. The molecule has 2 nitrogen and oxygen atoms in total. The first-order chi connectivity index (χ1) is 6.35. The topological polar surface area (TPSA) is 29.1 Å². The van der Waals surface area contributed by atoms with Crippen molar-refractivity contribution in [3.05, 3.63) is 0 Å². The van der Waals surface area contributed by atoms with Gasteiger partial charge in [-0.2, -0.15) is 0 Å². The minimum atomic E-state index is 0.214. The maximum absolute atomic E-state index is 10.5. The van der Waals surface area contributed by atoms with E-state index in [1.54, 1.807) is 0 Å². The van der Waals surface area contributed by atoms with E-state index in [1.807, 2.05) is 0 Å². The molecule has 0 spiro atoms. The highest BCUT2D eigenvalue weighted by Gasteiger charge is 2.01. The zero-order chi connectivity index (χ0) is 9.94. The summed E-state index contributed by atoms with van der Waals surface area (Å²) < 4.78 is 0. The Hall–Kier alpha value is -0.370. The van der Waals surface area contributed by atoms with Crippen molar-refractivity contribution in [2.24, 2.45) is 5.92 Å². The number of aldehydes is 1. The molecule has 0 aromatic rings. The highest BCUT2D eigenvalue weighted by molar-refractivity contribution is 5.53. The molecular weight excluding hydrogens is 162 g/mol. The molecule has 0 saturated heterocycles. The molecular formula is C11H23NO. The van der Waals surface area contributed by atoms with Crippen LogP contribution < -0.4 is 5.32 Å². The largest absolute Gasteiger partial charge is 0.316 e. The molecule has 0 bridgehead atoms. The average Bonchev–Trinajstić information content (AvgIpc) is 2.17. The van der Waals surface area contributed by atoms with Crippen LogP contribution in [0.1, 0.15) is 46.0 Å².